The van der Waals surface area contributed by atoms with Crippen LogP contribution in [0.15, 0.2) is 28.8 Å². The normalized spacial score (nSPS) is 10.6. The van der Waals surface area contributed by atoms with Crippen molar-refractivity contribution >= 4 is 5.95 Å². The molecule has 3 N–H and O–H groups in total. The second-order valence-corrected chi connectivity index (χ2v) is 3.67. The Bertz CT molecular complexity index is 705. The molecule has 0 radical (unpaired) electrons. The zero-order valence-corrected chi connectivity index (χ0v) is 9.99. The van der Waals surface area contributed by atoms with E-state index in [2.05, 4.69) is 25.3 Å². The number of aromatic amines is 1. The van der Waals surface area contributed by atoms with E-state index in [4.69, 9.17) is 15.0 Å². The molecule has 3 rings (SSSR count). The first-order valence-corrected chi connectivity index (χ1v) is 5.43. The molecule has 2 heterocycles. The number of benzene rings is 1. The molecule has 1 aromatic carbocycles. The van der Waals surface area contributed by atoms with Gasteiger partial charge in [-0.15, -0.1) is 5.10 Å². The minimum Gasteiger partial charge on any atom is -0.496 e. The van der Waals surface area contributed by atoms with Gasteiger partial charge in [0.1, 0.15) is 5.75 Å². The van der Waals surface area contributed by atoms with Crippen LogP contribution in [-0.4, -0.2) is 32.4 Å². The lowest BCUT2D eigenvalue weighted by Gasteiger charge is -2.02. The maximum atomic E-state index is 5.42. The number of ether oxygens (including phenoxy) is 1. The molecule has 0 unspecified atom stereocenters. The molecule has 3 aromatic rings. The maximum Gasteiger partial charge on any atom is 0.295 e. The van der Waals surface area contributed by atoms with E-state index in [0.717, 1.165) is 5.56 Å². The Labute approximate surface area is 107 Å². The second kappa shape index (κ2) is 4.41. The van der Waals surface area contributed by atoms with Gasteiger partial charge in [0.25, 0.3) is 5.89 Å². The third-order valence-corrected chi connectivity index (χ3v) is 2.48. The third kappa shape index (κ3) is 1.99. The molecule has 0 saturated heterocycles. The van der Waals surface area contributed by atoms with Crippen molar-refractivity contribution < 1.29 is 9.26 Å². The summed E-state index contributed by atoms with van der Waals surface area (Å²) in [6.45, 7) is 0. The quantitative estimate of drug-likeness (QED) is 0.722. The van der Waals surface area contributed by atoms with Crippen LogP contribution >= 0.6 is 0 Å². The summed E-state index contributed by atoms with van der Waals surface area (Å²) in [6.07, 6.45) is 0. The smallest absolute Gasteiger partial charge is 0.295 e. The topological polar surface area (TPSA) is 116 Å². The van der Waals surface area contributed by atoms with Crippen molar-refractivity contribution in [2.75, 3.05) is 12.8 Å². The zero-order valence-electron chi connectivity index (χ0n) is 9.99. The van der Waals surface area contributed by atoms with Crippen LogP contribution in [-0.2, 0) is 0 Å². The number of hydrogen-bond donors (Lipinski definition) is 2. The standard InChI is InChI=1S/C11H10N6O2/c1-18-7-5-3-2-4-6(7)8-13-10(19-17-8)9-14-11(12)16-15-9/h2-5H,1H3,(H3,12,14,15,16). The van der Waals surface area contributed by atoms with Gasteiger partial charge in [-0.1, -0.05) is 17.3 Å². The Kier molecular flexibility index (Phi) is 2.60. The highest BCUT2D eigenvalue weighted by molar-refractivity contribution is 5.64. The SMILES string of the molecule is COc1ccccc1-c1noc(-c2nc(N)n[nH]2)n1. The first kappa shape index (κ1) is 11.2. The number of aromatic nitrogens is 5. The number of methoxy groups -OCH3 is 1. The van der Waals surface area contributed by atoms with Crippen molar-refractivity contribution in [1.82, 2.24) is 25.3 Å². The molecule has 0 bridgehead atoms. The molecule has 0 aliphatic rings. The van der Waals surface area contributed by atoms with E-state index in [0.29, 0.717) is 17.4 Å². The molecule has 0 amide bonds. The Morgan fingerprint density at radius 2 is 2.11 bits per heavy atom. The first-order chi connectivity index (χ1) is 9.28. The highest BCUT2D eigenvalue weighted by Gasteiger charge is 2.16. The van der Waals surface area contributed by atoms with E-state index in [9.17, 15) is 0 Å². The fourth-order valence-electron chi connectivity index (χ4n) is 1.63. The lowest BCUT2D eigenvalue weighted by atomic mass is 10.2. The van der Waals surface area contributed by atoms with Crippen LogP contribution in [0.2, 0.25) is 0 Å². The molecule has 0 spiro atoms. The van der Waals surface area contributed by atoms with E-state index in [1.54, 1.807) is 7.11 Å². The average Bonchev–Trinajstić information content (AvgIpc) is 3.07. The fraction of sp³-hybridized carbons (Fsp3) is 0.0909. The number of nitrogens with zero attached hydrogens (tertiary/aromatic N) is 4. The van der Waals surface area contributed by atoms with E-state index >= 15 is 0 Å². The highest BCUT2D eigenvalue weighted by atomic mass is 16.5. The Balaban J connectivity index is 2.01. The van der Waals surface area contributed by atoms with Gasteiger partial charge in [0, 0.05) is 0 Å². The second-order valence-electron chi connectivity index (χ2n) is 3.67. The van der Waals surface area contributed by atoms with Crippen LogP contribution in [0.1, 0.15) is 0 Å². The van der Waals surface area contributed by atoms with Gasteiger partial charge in [-0.25, -0.2) is 0 Å². The summed E-state index contributed by atoms with van der Waals surface area (Å²) in [5.41, 5.74) is 6.15. The van der Waals surface area contributed by atoms with Crippen molar-refractivity contribution in [2.45, 2.75) is 0 Å². The number of nitrogens with two attached hydrogens (primary N) is 1. The summed E-state index contributed by atoms with van der Waals surface area (Å²) in [4.78, 5) is 8.14. The summed E-state index contributed by atoms with van der Waals surface area (Å²) in [5.74, 6) is 1.72. The van der Waals surface area contributed by atoms with Gasteiger partial charge < -0.3 is 15.0 Å². The maximum absolute atomic E-state index is 5.42. The Hall–Kier alpha value is -2.90. The van der Waals surface area contributed by atoms with E-state index in [1.807, 2.05) is 24.3 Å². The average molecular weight is 258 g/mol. The van der Waals surface area contributed by atoms with Crippen molar-refractivity contribution in [2.24, 2.45) is 0 Å². The van der Waals surface area contributed by atoms with Gasteiger partial charge in [0.05, 0.1) is 12.7 Å². The number of nitrogen functional groups attached to an aromatic ring is 1. The summed E-state index contributed by atoms with van der Waals surface area (Å²) in [7, 11) is 1.58. The molecule has 0 saturated carbocycles. The van der Waals surface area contributed by atoms with E-state index in [1.165, 1.54) is 0 Å². The monoisotopic (exact) mass is 258 g/mol. The van der Waals surface area contributed by atoms with Crippen LogP contribution in [0.4, 0.5) is 5.95 Å². The van der Waals surface area contributed by atoms with Crippen molar-refractivity contribution in [3.05, 3.63) is 24.3 Å². The third-order valence-electron chi connectivity index (χ3n) is 2.48. The molecule has 0 aliphatic carbocycles. The molecule has 0 aliphatic heterocycles. The fourth-order valence-corrected chi connectivity index (χ4v) is 1.63. The lowest BCUT2D eigenvalue weighted by Crippen LogP contribution is -1.89. The molecular weight excluding hydrogens is 248 g/mol. The van der Waals surface area contributed by atoms with Gasteiger partial charge in [0.15, 0.2) is 0 Å². The molecular formula is C11H10N6O2. The van der Waals surface area contributed by atoms with Crippen LogP contribution < -0.4 is 10.5 Å². The zero-order chi connectivity index (χ0) is 13.2. The van der Waals surface area contributed by atoms with Crippen molar-refractivity contribution in [3.63, 3.8) is 0 Å². The molecule has 0 atom stereocenters. The van der Waals surface area contributed by atoms with Crippen molar-refractivity contribution in [3.8, 4) is 28.9 Å². The van der Waals surface area contributed by atoms with Crippen LogP contribution in [0.3, 0.4) is 0 Å². The van der Waals surface area contributed by atoms with Crippen molar-refractivity contribution in [1.29, 1.82) is 0 Å². The minimum absolute atomic E-state index is 0.118. The molecule has 8 heteroatoms. The number of hydrogen-bond acceptors (Lipinski definition) is 7. The van der Waals surface area contributed by atoms with E-state index in [-0.39, 0.29) is 11.8 Å². The first-order valence-electron chi connectivity index (χ1n) is 5.43. The van der Waals surface area contributed by atoms with Crippen LogP contribution in [0.25, 0.3) is 23.1 Å². The number of anilines is 1. The molecule has 8 nitrogen and oxygen atoms in total. The number of nitrogens with one attached hydrogen (secondary N) is 1. The minimum atomic E-state index is 0.118. The number of para-hydroxylation sites is 1. The van der Waals surface area contributed by atoms with Crippen LogP contribution in [0, 0.1) is 0 Å². The summed E-state index contributed by atoms with van der Waals surface area (Å²) in [6, 6.07) is 7.38. The number of H-pyrrole nitrogens is 1. The lowest BCUT2D eigenvalue weighted by molar-refractivity contribution is 0.413. The highest BCUT2D eigenvalue weighted by Crippen LogP contribution is 2.28. The van der Waals surface area contributed by atoms with Gasteiger partial charge in [-0.2, -0.15) is 9.97 Å². The molecule has 19 heavy (non-hydrogen) atoms. The molecule has 2 aromatic heterocycles. The largest absolute Gasteiger partial charge is 0.496 e. The Morgan fingerprint density at radius 1 is 1.26 bits per heavy atom. The van der Waals surface area contributed by atoms with Gasteiger partial charge in [-0.3, -0.25) is 5.10 Å². The Morgan fingerprint density at radius 3 is 2.84 bits per heavy atom. The molecule has 96 valence electrons. The predicted molar refractivity (Wildman–Crippen MR) is 66.1 cm³/mol. The predicted octanol–water partition coefficient (Wildman–Crippen LogP) is 1.11. The number of rotatable bonds is 3. The van der Waals surface area contributed by atoms with Gasteiger partial charge in [0.2, 0.25) is 17.6 Å². The summed E-state index contributed by atoms with van der Waals surface area (Å²) < 4.78 is 10.4. The summed E-state index contributed by atoms with van der Waals surface area (Å²) >= 11 is 0. The summed E-state index contributed by atoms with van der Waals surface area (Å²) in [5, 5.41) is 10.2. The van der Waals surface area contributed by atoms with Gasteiger partial charge in [-0.05, 0) is 12.1 Å². The molecule has 0 fully saturated rings. The van der Waals surface area contributed by atoms with E-state index < -0.39 is 0 Å². The van der Waals surface area contributed by atoms with Gasteiger partial charge >= 0.3 is 0 Å². The van der Waals surface area contributed by atoms with Crippen LogP contribution in [0.5, 0.6) is 5.75 Å².